The molecule has 0 amide bonds. The largest absolute Gasteiger partial charge is 0.490 e. The first kappa shape index (κ1) is 16.5. The van der Waals surface area contributed by atoms with Crippen LogP contribution in [0.2, 0.25) is 0 Å². The first-order valence-corrected chi connectivity index (χ1v) is 8.72. The Morgan fingerprint density at radius 1 is 1.17 bits per heavy atom. The van der Waals surface area contributed by atoms with Crippen LogP contribution >= 0.6 is 11.3 Å². The van der Waals surface area contributed by atoms with Crippen molar-refractivity contribution in [1.82, 2.24) is 15.2 Å². The van der Waals surface area contributed by atoms with Gasteiger partial charge in [-0.1, -0.05) is 12.1 Å². The van der Waals surface area contributed by atoms with Crippen LogP contribution < -0.4 is 15.2 Å². The van der Waals surface area contributed by atoms with Crippen molar-refractivity contribution in [2.75, 3.05) is 13.2 Å². The summed E-state index contributed by atoms with van der Waals surface area (Å²) in [7, 11) is 0. The average molecular weight is 344 g/mol. The molecule has 2 heterocycles. The van der Waals surface area contributed by atoms with Crippen molar-refractivity contribution in [3.8, 4) is 22.2 Å². The highest BCUT2D eigenvalue weighted by Gasteiger charge is 2.17. The van der Waals surface area contributed by atoms with Gasteiger partial charge in [-0.15, -0.1) is 11.3 Å². The molecule has 0 radical (unpaired) electrons. The number of nitrogens with one attached hydrogen (secondary N) is 1. The number of rotatable bonds is 7. The molecule has 0 bridgehead atoms. The quantitative estimate of drug-likeness (QED) is 0.686. The number of ether oxygens (including phenoxy) is 2. The van der Waals surface area contributed by atoms with Gasteiger partial charge in [-0.3, -0.25) is 5.10 Å². The number of aromatic nitrogens is 3. The second kappa shape index (κ2) is 7.46. The lowest BCUT2D eigenvalue weighted by molar-refractivity contribution is 0.287. The standard InChI is InChI=1S/C17H20N4O2S/c1-3-22-12-8-7-11(10-13(12)23-4-2)15(18)17-19-16(20-21-17)14-6-5-9-24-14/h5-10,15H,3-4,18H2,1-2H3,(H,19,20,21)/t15-/m1/s1. The summed E-state index contributed by atoms with van der Waals surface area (Å²) in [5.74, 6) is 2.67. The van der Waals surface area contributed by atoms with Gasteiger partial charge in [-0.25, -0.2) is 4.98 Å². The second-order valence-electron chi connectivity index (χ2n) is 5.07. The third kappa shape index (κ3) is 3.42. The highest BCUT2D eigenvalue weighted by atomic mass is 32.1. The molecule has 2 aromatic heterocycles. The average Bonchev–Trinajstić information content (AvgIpc) is 3.27. The predicted molar refractivity (Wildman–Crippen MR) is 94.5 cm³/mol. The zero-order valence-electron chi connectivity index (χ0n) is 13.7. The van der Waals surface area contributed by atoms with Gasteiger partial charge >= 0.3 is 0 Å². The van der Waals surface area contributed by atoms with Crippen molar-refractivity contribution in [2.45, 2.75) is 19.9 Å². The van der Waals surface area contributed by atoms with Gasteiger partial charge in [0.05, 0.1) is 24.1 Å². The Morgan fingerprint density at radius 3 is 2.67 bits per heavy atom. The first-order chi connectivity index (χ1) is 11.7. The summed E-state index contributed by atoms with van der Waals surface area (Å²) < 4.78 is 11.2. The maximum absolute atomic E-state index is 6.35. The van der Waals surface area contributed by atoms with E-state index in [9.17, 15) is 0 Å². The van der Waals surface area contributed by atoms with Crippen LogP contribution in [0.3, 0.4) is 0 Å². The van der Waals surface area contributed by atoms with Crippen LogP contribution in [0.15, 0.2) is 35.7 Å². The van der Waals surface area contributed by atoms with E-state index in [1.807, 2.05) is 49.6 Å². The number of benzene rings is 1. The van der Waals surface area contributed by atoms with E-state index in [0.29, 0.717) is 36.4 Å². The minimum Gasteiger partial charge on any atom is -0.490 e. The normalized spacial score (nSPS) is 12.1. The van der Waals surface area contributed by atoms with Crippen LogP contribution in [-0.4, -0.2) is 28.4 Å². The molecule has 0 saturated heterocycles. The van der Waals surface area contributed by atoms with Gasteiger partial charge < -0.3 is 15.2 Å². The zero-order valence-corrected chi connectivity index (χ0v) is 14.5. The van der Waals surface area contributed by atoms with Crippen molar-refractivity contribution in [3.63, 3.8) is 0 Å². The van der Waals surface area contributed by atoms with Crippen molar-refractivity contribution >= 4 is 11.3 Å². The van der Waals surface area contributed by atoms with Gasteiger partial charge in [0.2, 0.25) is 0 Å². The zero-order chi connectivity index (χ0) is 16.9. The summed E-state index contributed by atoms with van der Waals surface area (Å²) in [6.45, 7) is 5.02. The number of hydrogen-bond acceptors (Lipinski definition) is 6. The molecule has 1 aromatic carbocycles. The number of H-pyrrole nitrogens is 1. The van der Waals surface area contributed by atoms with E-state index < -0.39 is 6.04 Å². The van der Waals surface area contributed by atoms with Gasteiger partial charge in [-0.05, 0) is 43.0 Å². The van der Waals surface area contributed by atoms with Crippen molar-refractivity contribution in [1.29, 1.82) is 0 Å². The maximum Gasteiger partial charge on any atom is 0.191 e. The van der Waals surface area contributed by atoms with E-state index in [2.05, 4.69) is 15.2 Å². The molecule has 0 aliphatic heterocycles. The molecule has 0 aliphatic carbocycles. The third-order valence-corrected chi connectivity index (χ3v) is 4.33. The lowest BCUT2D eigenvalue weighted by atomic mass is 10.1. The van der Waals surface area contributed by atoms with Crippen molar-refractivity contribution < 1.29 is 9.47 Å². The van der Waals surface area contributed by atoms with Gasteiger partial charge in [0, 0.05) is 0 Å². The third-order valence-electron chi connectivity index (χ3n) is 3.47. The molecule has 0 saturated carbocycles. The summed E-state index contributed by atoms with van der Waals surface area (Å²) in [5.41, 5.74) is 7.23. The minimum atomic E-state index is -0.416. The van der Waals surface area contributed by atoms with E-state index in [0.717, 1.165) is 10.4 Å². The lowest BCUT2D eigenvalue weighted by Gasteiger charge is -2.14. The van der Waals surface area contributed by atoms with E-state index in [1.54, 1.807) is 11.3 Å². The van der Waals surface area contributed by atoms with Crippen LogP contribution in [0, 0.1) is 0 Å². The molecule has 0 aliphatic rings. The lowest BCUT2D eigenvalue weighted by Crippen LogP contribution is -2.14. The number of nitrogens with two attached hydrogens (primary N) is 1. The summed E-state index contributed by atoms with van der Waals surface area (Å²) in [4.78, 5) is 5.52. The molecule has 126 valence electrons. The fourth-order valence-corrected chi connectivity index (χ4v) is 3.01. The van der Waals surface area contributed by atoms with Crippen molar-refractivity contribution in [3.05, 3.63) is 47.1 Å². The fourth-order valence-electron chi connectivity index (χ4n) is 2.35. The predicted octanol–water partition coefficient (Wildman–Crippen LogP) is 3.38. The van der Waals surface area contributed by atoms with Crippen LogP contribution in [0.4, 0.5) is 0 Å². The molecular formula is C17H20N4O2S. The van der Waals surface area contributed by atoms with Crippen LogP contribution in [0.25, 0.3) is 10.7 Å². The SMILES string of the molecule is CCOc1ccc([C@@H](N)c2nc(-c3cccs3)n[nH]2)cc1OCC. The summed E-state index contributed by atoms with van der Waals surface area (Å²) in [6.07, 6.45) is 0. The van der Waals surface area contributed by atoms with E-state index >= 15 is 0 Å². The summed E-state index contributed by atoms with van der Waals surface area (Å²) >= 11 is 1.59. The molecule has 3 rings (SSSR count). The number of aromatic amines is 1. The Morgan fingerprint density at radius 2 is 1.96 bits per heavy atom. The summed E-state index contributed by atoms with van der Waals surface area (Å²) in [5, 5.41) is 9.17. The highest BCUT2D eigenvalue weighted by Crippen LogP contribution is 2.32. The van der Waals surface area contributed by atoms with Gasteiger partial charge in [0.1, 0.15) is 5.82 Å². The number of thiophene rings is 1. The Balaban J connectivity index is 1.86. The Hall–Kier alpha value is -2.38. The molecule has 3 N–H and O–H groups in total. The van der Waals surface area contributed by atoms with Crippen LogP contribution in [0.5, 0.6) is 11.5 Å². The smallest absolute Gasteiger partial charge is 0.191 e. The topological polar surface area (TPSA) is 86.0 Å². The van der Waals surface area contributed by atoms with Gasteiger partial charge in [-0.2, -0.15) is 5.10 Å². The van der Waals surface area contributed by atoms with E-state index in [-0.39, 0.29) is 0 Å². The fraction of sp³-hybridized carbons (Fsp3) is 0.294. The molecule has 1 atom stereocenters. The Labute approximate surface area is 144 Å². The molecule has 0 fully saturated rings. The summed E-state index contributed by atoms with van der Waals surface area (Å²) in [6, 6.07) is 9.23. The van der Waals surface area contributed by atoms with Crippen molar-refractivity contribution in [2.24, 2.45) is 5.73 Å². The van der Waals surface area contributed by atoms with E-state index in [4.69, 9.17) is 15.2 Å². The monoisotopic (exact) mass is 344 g/mol. The Bertz CT molecular complexity index is 786. The van der Waals surface area contributed by atoms with Gasteiger partial charge in [0.25, 0.3) is 0 Å². The molecule has 0 unspecified atom stereocenters. The second-order valence-corrected chi connectivity index (χ2v) is 6.02. The molecule has 3 aromatic rings. The van der Waals surface area contributed by atoms with E-state index in [1.165, 1.54) is 0 Å². The molecule has 24 heavy (non-hydrogen) atoms. The maximum atomic E-state index is 6.35. The molecule has 0 spiro atoms. The number of hydrogen-bond donors (Lipinski definition) is 2. The van der Waals surface area contributed by atoms with Crippen LogP contribution in [-0.2, 0) is 0 Å². The number of nitrogens with zero attached hydrogens (tertiary/aromatic N) is 2. The Kier molecular flexibility index (Phi) is 5.12. The molecular weight excluding hydrogens is 324 g/mol. The molecule has 6 nitrogen and oxygen atoms in total. The van der Waals surface area contributed by atoms with Gasteiger partial charge in [0.15, 0.2) is 17.3 Å². The first-order valence-electron chi connectivity index (χ1n) is 7.84. The molecule has 7 heteroatoms. The van der Waals surface area contributed by atoms with Crippen LogP contribution in [0.1, 0.15) is 31.3 Å². The minimum absolute atomic E-state index is 0.416. The highest BCUT2D eigenvalue weighted by molar-refractivity contribution is 7.13.